The van der Waals surface area contributed by atoms with Gasteiger partial charge in [0.25, 0.3) is 5.91 Å². The minimum absolute atomic E-state index is 0.0323. The first-order chi connectivity index (χ1) is 16.3. The number of rotatable bonds is 8. The van der Waals surface area contributed by atoms with Gasteiger partial charge in [0, 0.05) is 16.7 Å². The highest BCUT2D eigenvalue weighted by Gasteiger charge is 2.10. The van der Waals surface area contributed by atoms with Crippen LogP contribution in [0.15, 0.2) is 70.9 Å². The van der Waals surface area contributed by atoms with Gasteiger partial charge in [-0.1, -0.05) is 0 Å². The molecule has 3 aromatic carbocycles. The smallest absolute Gasteiger partial charge is 0.271 e. The second-order valence-corrected chi connectivity index (χ2v) is 7.29. The maximum absolute atomic E-state index is 12.5. The van der Waals surface area contributed by atoms with E-state index in [-0.39, 0.29) is 11.5 Å². The van der Waals surface area contributed by atoms with Crippen LogP contribution in [0.25, 0.3) is 0 Å². The van der Waals surface area contributed by atoms with E-state index in [9.17, 15) is 15.0 Å². The van der Waals surface area contributed by atoms with Crippen LogP contribution in [0.1, 0.15) is 35.3 Å². The minimum Gasteiger partial charge on any atom is -0.507 e. The van der Waals surface area contributed by atoms with Crippen molar-refractivity contribution < 1.29 is 24.5 Å². The number of nitrogens with zero attached hydrogens (tertiary/aromatic N) is 2. The Morgan fingerprint density at radius 1 is 0.765 bits per heavy atom. The molecule has 0 radical (unpaired) electrons. The Labute approximate surface area is 197 Å². The van der Waals surface area contributed by atoms with Gasteiger partial charge < -0.3 is 19.7 Å². The first kappa shape index (κ1) is 24.1. The van der Waals surface area contributed by atoms with E-state index >= 15 is 0 Å². The fourth-order valence-corrected chi connectivity index (χ4v) is 3.03. The standard InChI is InChI=1S/C25H26N4O5/c1-15(21-13-19(33-3)9-11-23(21)30)26-28-18-7-5-17(6-8-18)25(32)29-27-16(2)22-14-20(34-4)10-12-24(22)31/h5-14,28,30-31H,1-4H3,(H,29,32)/b26-15+,27-16+. The zero-order chi connectivity index (χ0) is 24.7. The van der Waals surface area contributed by atoms with E-state index in [0.717, 1.165) is 0 Å². The van der Waals surface area contributed by atoms with Gasteiger partial charge in [0.2, 0.25) is 0 Å². The van der Waals surface area contributed by atoms with Crippen molar-refractivity contribution in [1.29, 1.82) is 0 Å². The third-order valence-corrected chi connectivity index (χ3v) is 5.01. The summed E-state index contributed by atoms with van der Waals surface area (Å²) in [5.41, 5.74) is 8.40. The highest BCUT2D eigenvalue weighted by molar-refractivity contribution is 6.03. The Balaban J connectivity index is 1.66. The van der Waals surface area contributed by atoms with Crippen molar-refractivity contribution in [3.8, 4) is 23.0 Å². The third kappa shape index (κ3) is 5.83. The number of hydrogen-bond acceptors (Lipinski definition) is 8. The maximum Gasteiger partial charge on any atom is 0.271 e. The molecule has 34 heavy (non-hydrogen) atoms. The van der Waals surface area contributed by atoms with Crippen LogP contribution < -0.4 is 20.3 Å². The third-order valence-electron chi connectivity index (χ3n) is 5.01. The van der Waals surface area contributed by atoms with E-state index in [4.69, 9.17) is 9.47 Å². The lowest BCUT2D eigenvalue weighted by Gasteiger charge is -2.09. The number of anilines is 1. The van der Waals surface area contributed by atoms with Gasteiger partial charge in [-0.25, -0.2) is 5.43 Å². The van der Waals surface area contributed by atoms with E-state index in [1.807, 2.05) is 0 Å². The number of carbonyl (C=O) groups excluding carboxylic acids is 1. The van der Waals surface area contributed by atoms with Gasteiger partial charge in [-0.3, -0.25) is 10.2 Å². The van der Waals surface area contributed by atoms with Gasteiger partial charge in [-0.2, -0.15) is 10.2 Å². The van der Waals surface area contributed by atoms with Crippen LogP contribution in [0.5, 0.6) is 23.0 Å². The molecule has 0 unspecified atom stereocenters. The largest absolute Gasteiger partial charge is 0.507 e. The van der Waals surface area contributed by atoms with Crippen LogP contribution in [0, 0.1) is 0 Å². The Morgan fingerprint density at radius 2 is 1.26 bits per heavy atom. The molecule has 3 rings (SSSR count). The second-order valence-electron chi connectivity index (χ2n) is 7.29. The van der Waals surface area contributed by atoms with Gasteiger partial charge in [0.1, 0.15) is 23.0 Å². The SMILES string of the molecule is COc1ccc(O)c(/C(C)=N/NC(=O)c2ccc(N/N=C(\C)c3cc(OC)ccc3O)cc2)c1. The number of carbonyl (C=O) groups is 1. The van der Waals surface area contributed by atoms with Gasteiger partial charge in [0.15, 0.2) is 0 Å². The number of phenolic OH excluding ortho intramolecular Hbond substituents is 2. The normalized spacial score (nSPS) is 11.6. The summed E-state index contributed by atoms with van der Waals surface area (Å²) in [6, 6.07) is 16.3. The summed E-state index contributed by atoms with van der Waals surface area (Å²) in [5, 5.41) is 28.5. The molecule has 176 valence electrons. The summed E-state index contributed by atoms with van der Waals surface area (Å²) in [6.07, 6.45) is 0. The molecule has 0 heterocycles. The Hall–Kier alpha value is -4.53. The van der Waals surface area contributed by atoms with Gasteiger partial charge >= 0.3 is 0 Å². The van der Waals surface area contributed by atoms with Crippen molar-refractivity contribution in [3.05, 3.63) is 77.4 Å². The van der Waals surface area contributed by atoms with E-state index in [2.05, 4.69) is 21.1 Å². The van der Waals surface area contributed by atoms with Crippen molar-refractivity contribution in [1.82, 2.24) is 5.43 Å². The summed E-state index contributed by atoms with van der Waals surface area (Å²) in [5.74, 6) is 0.890. The number of phenols is 2. The number of benzene rings is 3. The van der Waals surface area contributed by atoms with Gasteiger partial charge in [-0.05, 0) is 74.5 Å². The number of hydrazone groups is 2. The van der Waals surface area contributed by atoms with E-state index in [1.165, 1.54) is 13.2 Å². The van der Waals surface area contributed by atoms with Crippen LogP contribution >= 0.6 is 0 Å². The van der Waals surface area contributed by atoms with Crippen molar-refractivity contribution in [2.24, 2.45) is 10.2 Å². The molecule has 1 amide bonds. The molecule has 0 spiro atoms. The average Bonchev–Trinajstić information content (AvgIpc) is 2.86. The van der Waals surface area contributed by atoms with Crippen molar-refractivity contribution in [3.63, 3.8) is 0 Å². The molecule has 9 nitrogen and oxygen atoms in total. The summed E-state index contributed by atoms with van der Waals surface area (Å²) in [7, 11) is 3.08. The van der Waals surface area contributed by atoms with E-state index in [1.54, 1.807) is 75.6 Å². The second kappa shape index (κ2) is 10.9. The van der Waals surface area contributed by atoms with Crippen LogP contribution in [-0.2, 0) is 0 Å². The molecule has 0 atom stereocenters. The molecule has 0 fully saturated rings. The Morgan fingerprint density at radius 3 is 1.76 bits per heavy atom. The molecule has 0 aromatic heterocycles. The summed E-state index contributed by atoms with van der Waals surface area (Å²) >= 11 is 0. The lowest BCUT2D eigenvalue weighted by Crippen LogP contribution is -2.19. The molecular formula is C25H26N4O5. The highest BCUT2D eigenvalue weighted by atomic mass is 16.5. The predicted molar refractivity (Wildman–Crippen MR) is 131 cm³/mol. The van der Waals surface area contributed by atoms with E-state index in [0.29, 0.717) is 45.3 Å². The molecule has 0 aliphatic rings. The molecular weight excluding hydrogens is 436 g/mol. The molecule has 0 saturated carbocycles. The zero-order valence-electron chi connectivity index (χ0n) is 19.3. The minimum atomic E-state index is -0.408. The van der Waals surface area contributed by atoms with Crippen molar-refractivity contribution in [2.75, 3.05) is 19.6 Å². The lowest BCUT2D eigenvalue weighted by atomic mass is 10.1. The Bertz CT molecular complexity index is 1240. The first-order valence-corrected chi connectivity index (χ1v) is 10.3. The molecule has 0 aliphatic heterocycles. The highest BCUT2D eigenvalue weighted by Crippen LogP contribution is 2.24. The molecule has 4 N–H and O–H groups in total. The fourth-order valence-electron chi connectivity index (χ4n) is 3.03. The van der Waals surface area contributed by atoms with Gasteiger partial charge in [0.05, 0.1) is 31.3 Å². The van der Waals surface area contributed by atoms with Crippen LogP contribution in [0.2, 0.25) is 0 Å². The maximum atomic E-state index is 12.5. The zero-order valence-corrected chi connectivity index (χ0v) is 19.3. The van der Waals surface area contributed by atoms with E-state index < -0.39 is 5.91 Å². The number of ether oxygens (including phenoxy) is 2. The molecule has 0 bridgehead atoms. The quantitative estimate of drug-likeness (QED) is 0.295. The number of methoxy groups -OCH3 is 2. The molecule has 0 aliphatic carbocycles. The number of aromatic hydroxyl groups is 2. The van der Waals surface area contributed by atoms with Gasteiger partial charge in [-0.15, -0.1) is 0 Å². The number of amides is 1. The summed E-state index contributed by atoms with van der Waals surface area (Å²) in [6.45, 7) is 3.42. The van der Waals surface area contributed by atoms with Crippen LogP contribution in [-0.4, -0.2) is 41.8 Å². The van der Waals surface area contributed by atoms with Crippen molar-refractivity contribution >= 4 is 23.0 Å². The summed E-state index contributed by atoms with van der Waals surface area (Å²) in [4.78, 5) is 12.5. The fraction of sp³-hybridized carbons (Fsp3) is 0.160. The number of hydrogen-bond donors (Lipinski definition) is 4. The average molecular weight is 463 g/mol. The predicted octanol–water partition coefficient (Wildman–Crippen LogP) is 4.11. The lowest BCUT2D eigenvalue weighted by molar-refractivity contribution is 0.0955. The topological polar surface area (TPSA) is 125 Å². The molecule has 9 heteroatoms. The molecule has 3 aromatic rings. The van der Waals surface area contributed by atoms with Crippen molar-refractivity contribution in [2.45, 2.75) is 13.8 Å². The van der Waals surface area contributed by atoms with Crippen LogP contribution in [0.3, 0.4) is 0 Å². The Kier molecular flexibility index (Phi) is 7.71. The first-order valence-electron chi connectivity index (χ1n) is 10.3. The molecule has 0 saturated heterocycles. The summed E-state index contributed by atoms with van der Waals surface area (Å²) < 4.78 is 10.3. The monoisotopic (exact) mass is 462 g/mol. The van der Waals surface area contributed by atoms with Crippen LogP contribution in [0.4, 0.5) is 5.69 Å². The number of nitrogens with one attached hydrogen (secondary N) is 2.